The number of nitrogen functional groups attached to an aromatic ring is 1. The van der Waals surface area contributed by atoms with Crippen molar-refractivity contribution in [1.29, 1.82) is 5.26 Å². The molecule has 1 heterocycles. The number of hydrogen-bond donors (Lipinski definition) is 2. The molecule has 0 fully saturated rings. The number of benzene rings is 1. The third kappa shape index (κ3) is 2.06. The highest BCUT2D eigenvalue weighted by Gasteiger charge is 2.07. The van der Waals surface area contributed by atoms with Gasteiger partial charge in [0.25, 0.3) is 0 Å². The average Bonchev–Trinajstić information content (AvgIpc) is 2.60. The normalized spacial score (nSPS) is 9.94. The number of nitrogens with two attached hydrogens (primary N) is 1. The molecular formula is C12H13N5. The van der Waals surface area contributed by atoms with Crippen LogP contribution in [0, 0.1) is 18.3 Å². The quantitative estimate of drug-likeness (QED) is 0.768. The molecule has 17 heavy (non-hydrogen) atoms. The molecule has 0 aliphatic rings. The maximum atomic E-state index is 8.89. The lowest BCUT2D eigenvalue weighted by Gasteiger charge is -2.08. The number of aryl methyl sites for hydroxylation is 2. The summed E-state index contributed by atoms with van der Waals surface area (Å²) in [5.41, 5.74) is 9.30. The Morgan fingerprint density at radius 2 is 2.18 bits per heavy atom. The molecule has 0 unspecified atom stereocenters. The predicted octanol–water partition coefficient (Wildman–Crippen LogP) is 1.93. The van der Waals surface area contributed by atoms with Gasteiger partial charge in [-0.1, -0.05) is 6.07 Å². The Bertz CT molecular complexity index is 591. The molecule has 0 atom stereocenters. The summed E-state index contributed by atoms with van der Waals surface area (Å²) in [5.74, 6) is 0. The van der Waals surface area contributed by atoms with Gasteiger partial charge in [-0.2, -0.15) is 10.4 Å². The lowest BCUT2D eigenvalue weighted by atomic mass is 10.1. The smallest absolute Gasteiger partial charge is 0.101 e. The molecule has 0 radical (unpaired) electrons. The van der Waals surface area contributed by atoms with E-state index in [-0.39, 0.29) is 0 Å². The van der Waals surface area contributed by atoms with Crippen molar-refractivity contribution >= 4 is 17.1 Å². The van der Waals surface area contributed by atoms with E-state index in [0.717, 1.165) is 17.1 Å². The van der Waals surface area contributed by atoms with Gasteiger partial charge in [0.15, 0.2) is 0 Å². The number of nitrogens with zero attached hydrogens (tertiary/aromatic N) is 3. The van der Waals surface area contributed by atoms with Gasteiger partial charge in [0.05, 0.1) is 28.3 Å². The number of nitriles is 1. The summed E-state index contributed by atoms with van der Waals surface area (Å²) < 4.78 is 1.72. The van der Waals surface area contributed by atoms with Crippen LogP contribution < -0.4 is 11.1 Å². The van der Waals surface area contributed by atoms with E-state index in [9.17, 15) is 0 Å². The summed E-state index contributed by atoms with van der Waals surface area (Å²) in [4.78, 5) is 0. The first kappa shape index (κ1) is 11.0. The maximum Gasteiger partial charge on any atom is 0.101 e. The lowest BCUT2D eigenvalue weighted by molar-refractivity contribution is 0.756. The van der Waals surface area contributed by atoms with Crippen LogP contribution in [0.5, 0.6) is 0 Å². The SMILES string of the molecule is Cc1nn(C)cc1Nc1cccc(C#N)c1N. The molecule has 2 aromatic rings. The topological polar surface area (TPSA) is 79.7 Å². The van der Waals surface area contributed by atoms with Gasteiger partial charge in [-0.05, 0) is 19.1 Å². The molecule has 1 aromatic heterocycles. The Morgan fingerprint density at radius 3 is 2.76 bits per heavy atom. The lowest BCUT2D eigenvalue weighted by Crippen LogP contribution is -1.98. The molecule has 3 N–H and O–H groups in total. The first-order valence-electron chi connectivity index (χ1n) is 5.17. The Balaban J connectivity index is 2.37. The van der Waals surface area contributed by atoms with Crippen LogP contribution in [0.15, 0.2) is 24.4 Å². The molecule has 0 amide bonds. The van der Waals surface area contributed by atoms with E-state index in [4.69, 9.17) is 11.0 Å². The molecule has 0 saturated heterocycles. The Labute approximate surface area is 99.5 Å². The number of para-hydroxylation sites is 1. The standard InChI is InChI=1S/C12H13N5/c1-8-11(7-17(2)16-8)15-10-5-3-4-9(6-13)12(10)14/h3-5,7,15H,14H2,1-2H3. The van der Waals surface area contributed by atoms with Crippen molar-refractivity contribution in [1.82, 2.24) is 9.78 Å². The highest BCUT2D eigenvalue weighted by atomic mass is 15.3. The molecule has 2 rings (SSSR count). The molecule has 1 aromatic carbocycles. The first-order valence-corrected chi connectivity index (χ1v) is 5.17. The van der Waals surface area contributed by atoms with Gasteiger partial charge >= 0.3 is 0 Å². The van der Waals surface area contributed by atoms with Crippen molar-refractivity contribution in [2.45, 2.75) is 6.92 Å². The second-order valence-corrected chi connectivity index (χ2v) is 3.81. The van der Waals surface area contributed by atoms with Crippen LogP contribution in [0.2, 0.25) is 0 Å². The number of rotatable bonds is 2. The van der Waals surface area contributed by atoms with Crippen LogP contribution in [-0.2, 0) is 7.05 Å². The minimum absolute atomic E-state index is 0.457. The van der Waals surface area contributed by atoms with Gasteiger partial charge < -0.3 is 11.1 Å². The second-order valence-electron chi connectivity index (χ2n) is 3.81. The minimum atomic E-state index is 0.457. The van der Waals surface area contributed by atoms with E-state index < -0.39 is 0 Å². The van der Waals surface area contributed by atoms with Gasteiger partial charge in [-0.15, -0.1) is 0 Å². The number of nitrogens with one attached hydrogen (secondary N) is 1. The zero-order valence-electron chi connectivity index (χ0n) is 9.73. The van der Waals surface area contributed by atoms with Crippen LogP contribution in [0.1, 0.15) is 11.3 Å². The van der Waals surface area contributed by atoms with Crippen molar-refractivity contribution in [2.75, 3.05) is 11.1 Å². The van der Waals surface area contributed by atoms with E-state index in [1.165, 1.54) is 0 Å². The molecule has 5 nitrogen and oxygen atoms in total. The fraction of sp³-hybridized carbons (Fsp3) is 0.167. The van der Waals surface area contributed by atoms with E-state index in [1.54, 1.807) is 16.8 Å². The zero-order chi connectivity index (χ0) is 12.4. The van der Waals surface area contributed by atoms with E-state index in [1.807, 2.05) is 26.2 Å². The molecule has 0 aliphatic carbocycles. The van der Waals surface area contributed by atoms with Crippen molar-refractivity contribution in [3.05, 3.63) is 35.7 Å². The van der Waals surface area contributed by atoms with Gasteiger partial charge in [0.1, 0.15) is 6.07 Å². The largest absolute Gasteiger partial charge is 0.396 e. The van der Waals surface area contributed by atoms with Crippen molar-refractivity contribution in [3.8, 4) is 6.07 Å². The Kier molecular flexibility index (Phi) is 2.71. The van der Waals surface area contributed by atoms with Gasteiger partial charge in [0, 0.05) is 13.2 Å². The number of hydrogen-bond acceptors (Lipinski definition) is 4. The summed E-state index contributed by atoms with van der Waals surface area (Å²) in [6.07, 6.45) is 1.87. The molecule has 0 aliphatic heterocycles. The van der Waals surface area contributed by atoms with Gasteiger partial charge in [-0.25, -0.2) is 0 Å². The average molecular weight is 227 g/mol. The molecular weight excluding hydrogens is 214 g/mol. The van der Waals surface area contributed by atoms with E-state index in [0.29, 0.717) is 11.3 Å². The summed E-state index contributed by atoms with van der Waals surface area (Å²) in [6, 6.07) is 7.38. The van der Waals surface area contributed by atoms with Gasteiger partial charge in [0.2, 0.25) is 0 Å². The fourth-order valence-electron chi connectivity index (χ4n) is 1.64. The molecule has 0 saturated carbocycles. The van der Waals surface area contributed by atoms with Crippen molar-refractivity contribution < 1.29 is 0 Å². The summed E-state index contributed by atoms with van der Waals surface area (Å²) in [5, 5.41) is 16.3. The van der Waals surface area contributed by atoms with Crippen LogP contribution in [0.4, 0.5) is 17.1 Å². The van der Waals surface area contributed by atoms with Crippen LogP contribution in [-0.4, -0.2) is 9.78 Å². The third-order valence-electron chi connectivity index (χ3n) is 2.51. The molecule has 86 valence electrons. The van der Waals surface area contributed by atoms with E-state index >= 15 is 0 Å². The molecule has 5 heteroatoms. The Hall–Kier alpha value is -2.48. The van der Waals surface area contributed by atoms with Crippen molar-refractivity contribution in [3.63, 3.8) is 0 Å². The van der Waals surface area contributed by atoms with E-state index in [2.05, 4.69) is 16.5 Å². The summed E-state index contributed by atoms with van der Waals surface area (Å²) in [7, 11) is 1.85. The van der Waals surface area contributed by atoms with Crippen LogP contribution in [0.3, 0.4) is 0 Å². The van der Waals surface area contributed by atoms with Crippen LogP contribution >= 0.6 is 0 Å². The molecule has 0 bridgehead atoms. The first-order chi connectivity index (χ1) is 8.11. The number of anilines is 3. The molecule has 0 spiro atoms. The van der Waals surface area contributed by atoms with Crippen molar-refractivity contribution in [2.24, 2.45) is 7.05 Å². The zero-order valence-corrected chi connectivity index (χ0v) is 9.73. The second kappa shape index (κ2) is 4.18. The number of aromatic nitrogens is 2. The monoisotopic (exact) mass is 227 g/mol. The highest BCUT2D eigenvalue weighted by molar-refractivity contribution is 5.77. The van der Waals surface area contributed by atoms with Crippen LogP contribution in [0.25, 0.3) is 0 Å². The maximum absolute atomic E-state index is 8.89. The fourth-order valence-corrected chi connectivity index (χ4v) is 1.64. The third-order valence-corrected chi connectivity index (χ3v) is 2.51. The summed E-state index contributed by atoms with van der Waals surface area (Å²) in [6.45, 7) is 1.91. The Morgan fingerprint density at radius 1 is 1.41 bits per heavy atom. The minimum Gasteiger partial charge on any atom is -0.396 e. The summed E-state index contributed by atoms with van der Waals surface area (Å²) >= 11 is 0. The predicted molar refractivity (Wildman–Crippen MR) is 66.8 cm³/mol. The highest BCUT2D eigenvalue weighted by Crippen LogP contribution is 2.26. The van der Waals surface area contributed by atoms with Gasteiger partial charge in [-0.3, -0.25) is 4.68 Å².